The highest BCUT2D eigenvalue weighted by molar-refractivity contribution is 7.99. The van der Waals surface area contributed by atoms with E-state index in [0.29, 0.717) is 11.6 Å². The van der Waals surface area contributed by atoms with Gasteiger partial charge >= 0.3 is 0 Å². The maximum absolute atomic E-state index is 12.6. The van der Waals surface area contributed by atoms with E-state index in [0.717, 1.165) is 21.9 Å². The van der Waals surface area contributed by atoms with Crippen molar-refractivity contribution in [3.05, 3.63) is 59.1 Å². The third-order valence-corrected chi connectivity index (χ3v) is 5.64. The molecule has 0 saturated heterocycles. The fourth-order valence-electron chi connectivity index (χ4n) is 2.93. The van der Waals surface area contributed by atoms with Crippen molar-refractivity contribution in [2.75, 3.05) is 17.2 Å². The van der Waals surface area contributed by atoms with Gasteiger partial charge in [0.15, 0.2) is 0 Å². The Hall–Kier alpha value is -1.98. The molecule has 1 heterocycles. The molecule has 0 aromatic heterocycles. The van der Waals surface area contributed by atoms with Crippen LogP contribution in [0.1, 0.15) is 31.4 Å². The van der Waals surface area contributed by atoms with E-state index in [1.165, 1.54) is 0 Å². The van der Waals surface area contributed by atoms with Gasteiger partial charge < -0.3 is 10.2 Å². The van der Waals surface area contributed by atoms with Crippen molar-refractivity contribution in [3.63, 3.8) is 0 Å². The zero-order chi connectivity index (χ0) is 18.5. The summed E-state index contributed by atoms with van der Waals surface area (Å²) in [5.41, 5.74) is 1.93. The van der Waals surface area contributed by atoms with Gasteiger partial charge in [-0.25, -0.2) is 0 Å². The van der Waals surface area contributed by atoms with Crippen LogP contribution in [-0.4, -0.2) is 24.1 Å². The number of anilines is 1. The first kappa shape index (κ1) is 18.8. The van der Waals surface area contributed by atoms with E-state index in [1.54, 1.807) is 28.8 Å². The van der Waals surface area contributed by atoms with Crippen molar-refractivity contribution in [1.29, 1.82) is 0 Å². The maximum Gasteiger partial charge on any atom is 0.227 e. The average molecular weight is 389 g/mol. The first-order chi connectivity index (χ1) is 12.5. The molecule has 0 aliphatic carbocycles. The van der Waals surface area contributed by atoms with E-state index in [1.807, 2.05) is 43.3 Å². The number of benzene rings is 2. The Morgan fingerprint density at radius 3 is 2.65 bits per heavy atom. The molecule has 0 fully saturated rings. The van der Waals surface area contributed by atoms with E-state index < -0.39 is 0 Å². The number of carbonyl (C=O) groups is 2. The van der Waals surface area contributed by atoms with Crippen molar-refractivity contribution >= 4 is 40.9 Å². The van der Waals surface area contributed by atoms with Crippen molar-refractivity contribution < 1.29 is 9.59 Å². The van der Waals surface area contributed by atoms with Crippen LogP contribution in [-0.2, 0) is 9.59 Å². The van der Waals surface area contributed by atoms with Crippen LogP contribution >= 0.6 is 23.4 Å². The number of thioether (sulfide) groups is 1. The van der Waals surface area contributed by atoms with Crippen LogP contribution in [0.25, 0.3) is 0 Å². The highest BCUT2D eigenvalue weighted by Crippen LogP contribution is 2.34. The summed E-state index contributed by atoms with van der Waals surface area (Å²) in [6, 6.07) is 15.2. The average Bonchev–Trinajstić information content (AvgIpc) is 2.66. The summed E-state index contributed by atoms with van der Waals surface area (Å²) < 4.78 is 0. The SMILES string of the molecule is CC(NC(=O)CCC(=O)N1CCSc2ccccc21)c1ccc(Cl)cc1. The van der Waals surface area contributed by atoms with Crippen molar-refractivity contribution in [1.82, 2.24) is 5.32 Å². The first-order valence-corrected chi connectivity index (χ1v) is 9.98. The number of nitrogens with zero attached hydrogens (tertiary/aromatic N) is 1. The molecule has 0 saturated carbocycles. The topological polar surface area (TPSA) is 49.4 Å². The van der Waals surface area contributed by atoms with Gasteiger partial charge in [0.1, 0.15) is 0 Å². The van der Waals surface area contributed by atoms with Crippen molar-refractivity contribution in [3.8, 4) is 0 Å². The van der Waals surface area contributed by atoms with Gasteiger partial charge in [-0.05, 0) is 36.8 Å². The maximum atomic E-state index is 12.6. The molecule has 1 unspecified atom stereocenters. The molecule has 1 aliphatic heterocycles. The van der Waals surface area contributed by atoms with Gasteiger partial charge in [-0.2, -0.15) is 0 Å². The van der Waals surface area contributed by atoms with Crippen LogP contribution in [0.3, 0.4) is 0 Å². The number of para-hydroxylation sites is 1. The quantitative estimate of drug-likeness (QED) is 0.823. The lowest BCUT2D eigenvalue weighted by Crippen LogP contribution is -2.36. The second-order valence-electron chi connectivity index (χ2n) is 6.20. The minimum absolute atomic E-state index is 0.00736. The second-order valence-corrected chi connectivity index (χ2v) is 7.78. The molecule has 0 bridgehead atoms. The number of carbonyl (C=O) groups excluding carboxylic acids is 2. The minimum atomic E-state index is -0.125. The van der Waals surface area contributed by atoms with Gasteiger partial charge in [0.2, 0.25) is 11.8 Å². The summed E-state index contributed by atoms with van der Waals surface area (Å²) in [5, 5.41) is 3.60. The number of hydrogen-bond acceptors (Lipinski definition) is 3. The van der Waals surface area contributed by atoms with Crippen LogP contribution in [0.5, 0.6) is 0 Å². The standard InChI is InChI=1S/C20H21ClN2O2S/c1-14(15-6-8-16(21)9-7-15)22-19(24)10-11-20(25)23-12-13-26-18-5-3-2-4-17(18)23/h2-9,14H,10-13H2,1H3,(H,22,24). The molecular weight excluding hydrogens is 368 g/mol. The van der Waals surface area contributed by atoms with Crippen LogP contribution in [0.15, 0.2) is 53.4 Å². The van der Waals surface area contributed by atoms with Gasteiger partial charge in [-0.15, -0.1) is 11.8 Å². The predicted octanol–water partition coefficient (Wildman–Crippen LogP) is 4.44. The summed E-state index contributed by atoms with van der Waals surface area (Å²) >= 11 is 7.64. The molecule has 1 atom stereocenters. The molecule has 136 valence electrons. The zero-order valence-electron chi connectivity index (χ0n) is 14.6. The molecule has 3 rings (SSSR count). The highest BCUT2D eigenvalue weighted by Gasteiger charge is 2.23. The van der Waals surface area contributed by atoms with Gasteiger partial charge in [-0.3, -0.25) is 9.59 Å². The number of halogens is 1. The molecule has 4 nitrogen and oxygen atoms in total. The van der Waals surface area contributed by atoms with Crippen LogP contribution < -0.4 is 10.2 Å². The zero-order valence-corrected chi connectivity index (χ0v) is 16.1. The van der Waals surface area contributed by atoms with Crippen LogP contribution in [0.2, 0.25) is 5.02 Å². The minimum Gasteiger partial charge on any atom is -0.350 e. The Labute approximate surface area is 162 Å². The van der Waals surface area contributed by atoms with E-state index in [4.69, 9.17) is 11.6 Å². The lowest BCUT2D eigenvalue weighted by Gasteiger charge is -2.29. The fraction of sp³-hybridized carbons (Fsp3) is 0.300. The second kappa shape index (κ2) is 8.60. The molecular formula is C20H21ClN2O2S. The van der Waals surface area contributed by atoms with E-state index >= 15 is 0 Å². The summed E-state index contributed by atoms with van der Waals surface area (Å²) in [6.07, 6.45) is 0.390. The third kappa shape index (κ3) is 4.59. The molecule has 26 heavy (non-hydrogen) atoms. The molecule has 2 aromatic carbocycles. The summed E-state index contributed by atoms with van der Waals surface area (Å²) in [6.45, 7) is 2.60. The number of hydrogen-bond donors (Lipinski definition) is 1. The van der Waals surface area contributed by atoms with Crippen molar-refractivity contribution in [2.45, 2.75) is 30.7 Å². The van der Waals surface area contributed by atoms with Gasteiger partial charge in [-0.1, -0.05) is 35.9 Å². The van der Waals surface area contributed by atoms with Crippen LogP contribution in [0.4, 0.5) is 5.69 Å². The monoisotopic (exact) mass is 388 g/mol. The first-order valence-electron chi connectivity index (χ1n) is 8.61. The van der Waals surface area contributed by atoms with Gasteiger partial charge in [0.25, 0.3) is 0 Å². The summed E-state index contributed by atoms with van der Waals surface area (Å²) in [4.78, 5) is 27.7. The number of amides is 2. The smallest absolute Gasteiger partial charge is 0.227 e. The fourth-order valence-corrected chi connectivity index (χ4v) is 4.05. The van der Waals surface area contributed by atoms with Crippen molar-refractivity contribution in [2.24, 2.45) is 0 Å². The Bertz CT molecular complexity index is 795. The highest BCUT2D eigenvalue weighted by atomic mass is 35.5. The summed E-state index contributed by atoms with van der Waals surface area (Å²) in [7, 11) is 0. The predicted molar refractivity (Wildman–Crippen MR) is 107 cm³/mol. The summed E-state index contributed by atoms with van der Waals surface area (Å²) in [5.74, 6) is 0.746. The van der Waals surface area contributed by atoms with Crippen LogP contribution in [0, 0.1) is 0 Å². The number of rotatable bonds is 5. The lowest BCUT2D eigenvalue weighted by molar-refractivity contribution is -0.125. The Morgan fingerprint density at radius 1 is 1.15 bits per heavy atom. The van der Waals surface area contributed by atoms with Gasteiger partial charge in [0.05, 0.1) is 11.7 Å². The largest absolute Gasteiger partial charge is 0.350 e. The molecule has 0 radical (unpaired) electrons. The van der Waals surface area contributed by atoms with E-state index in [9.17, 15) is 9.59 Å². The molecule has 1 N–H and O–H groups in total. The molecule has 2 amide bonds. The third-order valence-electron chi connectivity index (χ3n) is 4.34. The lowest BCUT2D eigenvalue weighted by atomic mass is 10.1. The molecule has 2 aromatic rings. The normalized spacial score (nSPS) is 14.5. The molecule has 0 spiro atoms. The number of fused-ring (bicyclic) bond motifs is 1. The Balaban J connectivity index is 1.53. The van der Waals surface area contributed by atoms with E-state index in [-0.39, 0.29) is 30.7 Å². The Kier molecular flexibility index (Phi) is 6.22. The van der Waals surface area contributed by atoms with E-state index in [2.05, 4.69) is 5.32 Å². The number of nitrogens with one attached hydrogen (secondary N) is 1. The van der Waals surface area contributed by atoms with Gasteiger partial charge in [0, 0.05) is 35.1 Å². The Morgan fingerprint density at radius 2 is 1.88 bits per heavy atom. The molecule has 6 heteroatoms. The molecule has 1 aliphatic rings.